The first-order valence-corrected chi connectivity index (χ1v) is 6.17. The van der Waals surface area contributed by atoms with Crippen molar-refractivity contribution in [3.8, 4) is 6.07 Å². The molecule has 0 bridgehead atoms. The Bertz CT molecular complexity index is 684. The molecule has 0 aliphatic heterocycles. The van der Waals surface area contributed by atoms with E-state index in [1.165, 1.54) is 0 Å². The van der Waals surface area contributed by atoms with Gasteiger partial charge in [0.2, 0.25) is 5.28 Å². The SMILES string of the molecule is C/C(C#N)=C(/c1ccnc(Cl)n1)c1ccccc1C. The molecule has 0 aliphatic rings. The van der Waals surface area contributed by atoms with Gasteiger partial charge in [-0.2, -0.15) is 5.26 Å². The van der Waals surface area contributed by atoms with E-state index >= 15 is 0 Å². The summed E-state index contributed by atoms with van der Waals surface area (Å²) in [6, 6.07) is 11.8. The first kappa shape index (κ1) is 13.3. The standard InChI is InChI=1S/C15H12ClN3/c1-10-5-3-4-6-12(10)14(11(2)9-17)13-7-8-18-15(16)19-13/h3-8H,1-2H3/b14-11-. The van der Waals surface area contributed by atoms with Gasteiger partial charge in [0.1, 0.15) is 0 Å². The Hall–Kier alpha value is -2.18. The van der Waals surface area contributed by atoms with Gasteiger partial charge in [-0.1, -0.05) is 24.3 Å². The fourth-order valence-corrected chi connectivity index (χ4v) is 2.06. The average Bonchev–Trinajstić information content (AvgIpc) is 2.41. The summed E-state index contributed by atoms with van der Waals surface area (Å²) in [5.41, 5.74) is 4.13. The highest BCUT2D eigenvalue weighted by atomic mass is 35.5. The molecule has 0 unspecified atom stereocenters. The largest absolute Gasteiger partial charge is 0.226 e. The monoisotopic (exact) mass is 269 g/mol. The number of allylic oxidation sites excluding steroid dienone is 1. The van der Waals surface area contributed by atoms with Crippen LogP contribution < -0.4 is 0 Å². The molecule has 1 aromatic heterocycles. The van der Waals surface area contributed by atoms with E-state index in [2.05, 4.69) is 16.0 Å². The number of hydrogen-bond donors (Lipinski definition) is 0. The lowest BCUT2D eigenvalue weighted by molar-refractivity contribution is 1.14. The number of benzene rings is 1. The molecule has 0 N–H and O–H groups in total. The van der Waals surface area contributed by atoms with Crippen LogP contribution in [0.2, 0.25) is 5.28 Å². The van der Waals surface area contributed by atoms with E-state index in [4.69, 9.17) is 11.6 Å². The maximum Gasteiger partial charge on any atom is 0.222 e. The molecule has 0 aliphatic carbocycles. The summed E-state index contributed by atoms with van der Waals surface area (Å²) in [6.07, 6.45) is 1.59. The van der Waals surface area contributed by atoms with E-state index in [0.717, 1.165) is 16.7 Å². The molecule has 94 valence electrons. The minimum Gasteiger partial charge on any atom is -0.226 e. The molecule has 3 nitrogen and oxygen atoms in total. The summed E-state index contributed by atoms with van der Waals surface area (Å²) in [5.74, 6) is 0. The molecule has 1 aromatic carbocycles. The molecular formula is C15H12ClN3. The van der Waals surface area contributed by atoms with Gasteiger partial charge in [-0.3, -0.25) is 0 Å². The lowest BCUT2D eigenvalue weighted by atomic mass is 9.94. The van der Waals surface area contributed by atoms with Gasteiger partial charge >= 0.3 is 0 Å². The van der Waals surface area contributed by atoms with Crippen molar-refractivity contribution in [3.63, 3.8) is 0 Å². The van der Waals surface area contributed by atoms with Crippen LogP contribution in [0.5, 0.6) is 0 Å². The topological polar surface area (TPSA) is 49.6 Å². The molecule has 0 spiro atoms. The summed E-state index contributed by atoms with van der Waals surface area (Å²) in [7, 11) is 0. The molecule has 0 saturated carbocycles. The third kappa shape index (κ3) is 2.81. The zero-order valence-electron chi connectivity index (χ0n) is 10.7. The molecule has 2 rings (SSSR count). The Morgan fingerprint density at radius 2 is 2.00 bits per heavy atom. The lowest BCUT2D eigenvalue weighted by Crippen LogP contribution is -1.98. The summed E-state index contributed by atoms with van der Waals surface area (Å²) in [4.78, 5) is 8.08. The van der Waals surface area contributed by atoms with Gasteiger partial charge in [-0.05, 0) is 42.6 Å². The van der Waals surface area contributed by atoms with Crippen LogP contribution in [0, 0.1) is 18.3 Å². The second-order valence-electron chi connectivity index (χ2n) is 4.14. The van der Waals surface area contributed by atoms with Gasteiger partial charge in [0.25, 0.3) is 0 Å². The molecule has 0 fully saturated rings. The van der Waals surface area contributed by atoms with E-state index in [-0.39, 0.29) is 5.28 Å². The van der Waals surface area contributed by atoms with Crippen LogP contribution in [-0.2, 0) is 0 Å². The van der Waals surface area contributed by atoms with Crippen molar-refractivity contribution in [3.05, 3.63) is 64.2 Å². The van der Waals surface area contributed by atoms with Gasteiger partial charge in [-0.25, -0.2) is 9.97 Å². The molecular weight excluding hydrogens is 258 g/mol. The van der Waals surface area contributed by atoms with Crippen LogP contribution in [0.4, 0.5) is 0 Å². The van der Waals surface area contributed by atoms with Crippen LogP contribution >= 0.6 is 11.6 Å². The van der Waals surface area contributed by atoms with E-state index in [1.807, 2.05) is 31.2 Å². The normalized spacial score (nSPS) is 11.7. The third-order valence-corrected chi connectivity index (χ3v) is 3.02. The second-order valence-corrected chi connectivity index (χ2v) is 4.48. The number of aryl methyl sites for hydroxylation is 1. The first-order chi connectivity index (χ1) is 9.13. The number of aromatic nitrogens is 2. The van der Waals surface area contributed by atoms with Gasteiger partial charge in [-0.15, -0.1) is 0 Å². The summed E-state index contributed by atoms with van der Waals surface area (Å²) < 4.78 is 0. The minimum atomic E-state index is 0.175. The number of nitrogens with zero attached hydrogens (tertiary/aromatic N) is 3. The quantitative estimate of drug-likeness (QED) is 0.616. The highest BCUT2D eigenvalue weighted by Gasteiger charge is 2.13. The van der Waals surface area contributed by atoms with E-state index in [1.54, 1.807) is 19.2 Å². The zero-order valence-corrected chi connectivity index (χ0v) is 11.4. The summed E-state index contributed by atoms with van der Waals surface area (Å²) >= 11 is 5.84. The van der Waals surface area contributed by atoms with Crippen molar-refractivity contribution in [2.24, 2.45) is 0 Å². The van der Waals surface area contributed by atoms with E-state index in [9.17, 15) is 5.26 Å². The highest BCUT2D eigenvalue weighted by Crippen LogP contribution is 2.28. The van der Waals surface area contributed by atoms with Crippen LogP contribution in [0.25, 0.3) is 5.57 Å². The summed E-state index contributed by atoms with van der Waals surface area (Å²) in [6.45, 7) is 3.78. The maximum atomic E-state index is 9.20. The van der Waals surface area contributed by atoms with E-state index < -0.39 is 0 Å². The van der Waals surface area contributed by atoms with Crippen molar-refractivity contribution in [2.45, 2.75) is 13.8 Å². The average molecular weight is 270 g/mol. The Morgan fingerprint density at radius 1 is 1.26 bits per heavy atom. The molecule has 0 radical (unpaired) electrons. The van der Waals surface area contributed by atoms with Crippen molar-refractivity contribution >= 4 is 17.2 Å². The number of rotatable bonds is 2. The van der Waals surface area contributed by atoms with Crippen LogP contribution in [0.15, 0.2) is 42.1 Å². The van der Waals surface area contributed by atoms with Gasteiger partial charge in [0.05, 0.1) is 11.8 Å². The minimum absolute atomic E-state index is 0.175. The van der Waals surface area contributed by atoms with E-state index in [0.29, 0.717) is 11.3 Å². The Kier molecular flexibility index (Phi) is 3.94. The molecule has 0 atom stereocenters. The first-order valence-electron chi connectivity index (χ1n) is 5.79. The molecule has 1 heterocycles. The number of hydrogen-bond acceptors (Lipinski definition) is 3. The second kappa shape index (κ2) is 5.64. The summed E-state index contributed by atoms with van der Waals surface area (Å²) in [5, 5.41) is 9.38. The van der Waals surface area contributed by atoms with Gasteiger partial charge in [0.15, 0.2) is 0 Å². The van der Waals surface area contributed by atoms with Crippen LogP contribution in [0.1, 0.15) is 23.7 Å². The molecule has 2 aromatic rings. The Balaban J connectivity index is 2.70. The Labute approximate surface area is 117 Å². The lowest BCUT2D eigenvalue weighted by Gasteiger charge is -2.11. The fourth-order valence-electron chi connectivity index (χ4n) is 1.92. The molecule has 4 heteroatoms. The van der Waals surface area contributed by atoms with Gasteiger partial charge in [0, 0.05) is 17.3 Å². The number of nitriles is 1. The van der Waals surface area contributed by atoms with Crippen LogP contribution in [-0.4, -0.2) is 9.97 Å². The molecule has 19 heavy (non-hydrogen) atoms. The smallest absolute Gasteiger partial charge is 0.222 e. The van der Waals surface area contributed by atoms with Crippen molar-refractivity contribution in [1.29, 1.82) is 5.26 Å². The zero-order chi connectivity index (χ0) is 13.8. The Morgan fingerprint density at radius 3 is 2.63 bits per heavy atom. The van der Waals surface area contributed by atoms with Crippen molar-refractivity contribution < 1.29 is 0 Å². The van der Waals surface area contributed by atoms with Crippen LogP contribution in [0.3, 0.4) is 0 Å². The highest BCUT2D eigenvalue weighted by molar-refractivity contribution is 6.28. The predicted octanol–water partition coefficient (Wildman–Crippen LogP) is 3.78. The van der Waals surface area contributed by atoms with Gasteiger partial charge < -0.3 is 0 Å². The predicted molar refractivity (Wildman–Crippen MR) is 75.5 cm³/mol. The fraction of sp³-hybridized carbons (Fsp3) is 0.133. The molecule has 0 amide bonds. The van der Waals surface area contributed by atoms with Crippen molar-refractivity contribution in [1.82, 2.24) is 9.97 Å². The number of halogens is 1. The molecule has 0 saturated heterocycles. The third-order valence-electron chi connectivity index (χ3n) is 2.84. The van der Waals surface area contributed by atoms with Crippen molar-refractivity contribution in [2.75, 3.05) is 0 Å². The maximum absolute atomic E-state index is 9.20.